The van der Waals surface area contributed by atoms with Crippen LogP contribution >= 0.6 is 11.6 Å². The SMILES string of the molecule is CCOc1cc(/C=N/NC(=O)C(C)Oc2ccc(Cl)c(C)c2)ccc1O. The summed E-state index contributed by atoms with van der Waals surface area (Å²) in [6.07, 6.45) is 0.727. The minimum absolute atomic E-state index is 0.0494. The summed E-state index contributed by atoms with van der Waals surface area (Å²) in [5, 5.41) is 14.2. The minimum Gasteiger partial charge on any atom is -0.504 e. The topological polar surface area (TPSA) is 80.2 Å². The molecule has 2 aromatic carbocycles. The van der Waals surface area contributed by atoms with E-state index in [2.05, 4.69) is 10.5 Å². The van der Waals surface area contributed by atoms with E-state index in [9.17, 15) is 9.90 Å². The number of amides is 1. The number of nitrogens with zero attached hydrogens (tertiary/aromatic N) is 1. The molecule has 1 unspecified atom stereocenters. The molecule has 2 aromatic rings. The Morgan fingerprint density at radius 1 is 1.35 bits per heavy atom. The molecule has 6 nitrogen and oxygen atoms in total. The molecule has 0 aliphatic heterocycles. The zero-order valence-electron chi connectivity index (χ0n) is 14.8. The van der Waals surface area contributed by atoms with E-state index >= 15 is 0 Å². The molecule has 0 radical (unpaired) electrons. The van der Waals surface area contributed by atoms with E-state index in [1.165, 1.54) is 12.3 Å². The molecule has 0 bridgehead atoms. The van der Waals surface area contributed by atoms with Gasteiger partial charge in [-0.2, -0.15) is 5.10 Å². The lowest BCUT2D eigenvalue weighted by Gasteiger charge is -2.13. The fourth-order valence-electron chi connectivity index (χ4n) is 2.09. The van der Waals surface area contributed by atoms with Crippen molar-refractivity contribution in [3.63, 3.8) is 0 Å². The first-order chi connectivity index (χ1) is 12.4. The van der Waals surface area contributed by atoms with Crippen LogP contribution in [0.3, 0.4) is 0 Å². The number of hydrogen-bond donors (Lipinski definition) is 2. The third-order valence-electron chi connectivity index (χ3n) is 3.48. The maximum absolute atomic E-state index is 12.1. The zero-order valence-corrected chi connectivity index (χ0v) is 15.6. The van der Waals surface area contributed by atoms with Gasteiger partial charge in [0.05, 0.1) is 12.8 Å². The third kappa shape index (κ3) is 5.39. The van der Waals surface area contributed by atoms with Crippen molar-refractivity contribution in [3.05, 3.63) is 52.5 Å². The van der Waals surface area contributed by atoms with E-state index in [4.69, 9.17) is 21.1 Å². The maximum atomic E-state index is 12.1. The van der Waals surface area contributed by atoms with E-state index in [-0.39, 0.29) is 5.75 Å². The first-order valence-electron chi connectivity index (χ1n) is 8.12. The Balaban J connectivity index is 1.93. The summed E-state index contributed by atoms with van der Waals surface area (Å²) < 4.78 is 10.9. The van der Waals surface area contributed by atoms with Crippen LogP contribution in [0.25, 0.3) is 0 Å². The quantitative estimate of drug-likeness (QED) is 0.570. The lowest BCUT2D eigenvalue weighted by molar-refractivity contribution is -0.127. The molecule has 7 heteroatoms. The predicted octanol–water partition coefficient (Wildman–Crippen LogP) is 3.67. The summed E-state index contributed by atoms with van der Waals surface area (Å²) in [7, 11) is 0. The van der Waals surface area contributed by atoms with Gasteiger partial charge in [-0.3, -0.25) is 4.79 Å². The monoisotopic (exact) mass is 376 g/mol. The zero-order chi connectivity index (χ0) is 19.1. The van der Waals surface area contributed by atoms with Crippen LogP contribution in [0.2, 0.25) is 5.02 Å². The highest BCUT2D eigenvalue weighted by molar-refractivity contribution is 6.31. The second-order valence-corrected chi connectivity index (χ2v) is 5.97. The number of phenols is 1. The first kappa shape index (κ1) is 19.6. The van der Waals surface area contributed by atoms with Gasteiger partial charge in [-0.25, -0.2) is 5.43 Å². The highest BCUT2D eigenvalue weighted by atomic mass is 35.5. The van der Waals surface area contributed by atoms with Crippen molar-refractivity contribution in [1.82, 2.24) is 5.43 Å². The Kier molecular flexibility index (Phi) is 6.86. The number of halogens is 1. The molecule has 0 heterocycles. The van der Waals surface area contributed by atoms with E-state index in [0.717, 1.165) is 5.56 Å². The largest absolute Gasteiger partial charge is 0.504 e. The summed E-state index contributed by atoms with van der Waals surface area (Å²) in [6, 6.07) is 9.97. The van der Waals surface area contributed by atoms with E-state index in [1.54, 1.807) is 37.3 Å². The van der Waals surface area contributed by atoms with Gasteiger partial charge in [-0.05, 0) is 68.3 Å². The highest BCUT2D eigenvalue weighted by Gasteiger charge is 2.14. The Labute approximate surface area is 157 Å². The lowest BCUT2D eigenvalue weighted by Crippen LogP contribution is -2.33. The fourth-order valence-corrected chi connectivity index (χ4v) is 2.21. The number of aromatic hydroxyl groups is 1. The van der Waals surface area contributed by atoms with Crippen LogP contribution in [-0.4, -0.2) is 29.9 Å². The Morgan fingerprint density at radius 3 is 2.81 bits per heavy atom. The van der Waals surface area contributed by atoms with Crippen molar-refractivity contribution < 1.29 is 19.4 Å². The second-order valence-electron chi connectivity index (χ2n) is 5.57. The number of ether oxygens (including phenoxy) is 2. The van der Waals surface area contributed by atoms with Gasteiger partial charge in [-0.1, -0.05) is 11.6 Å². The summed E-state index contributed by atoms with van der Waals surface area (Å²) >= 11 is 5.97. The number of rotatable bonds is 7. The minimum atomic E-state index is -0.730. The van der Waals surface area contributed by atoms with Gasteiger partial charge in [0, 0.05) is 5.02 Å². The average molecular weight is 377 g/mol. The van der Waals surface area contributed by atoms with Crippen LogP contribution in [0.5, 0.6) is 17.2 Å². The molecule has 0 saturated carbocycles. The smallest absolute Gasteiger partial charge is 0.280 e. The molecular weight excluding hydrogens is 356 g/mol. The highest BCUT2D eigenvalue weighted by Crippen LogP contribution is 2.26. The van der Waals surface area contributed by atoms with E-state index in [1.807, 2.05) is 13.8 Å². The van der Waals surface area contributed by atoms with Crippen LogP contribution in [0.4, 0.5) is 0 Å². The summed E-state index contributed by atoms with van der Waals surface area (Å²) in [5.74, 6) is 0.571. The normalized spacial score (nSPS) is 12.0. The van der Waals surface area contributed by atoms with Gasteiger partial charge in [0.15, 0.2) is 17.6 Å². The number of carbonyl (C=O) groups is 1. The Morgan fingerprint density at radius 2 is 2.12 bits per heavy atom. The number of benzene rings is 2. The van der Waals surface area contributed by atoms with Crippen molar-refractivity contribution in [2.45, 2.75) is 26.9 Å². The van der Waals surface area contributed by atoms with Crippen molar-refractivity contribution in [1.29, 1.82) is 0 Å². The van der Waals surface area contributed by atoms with Gasteiger partial charge >= 0.3 is 0 Å². The number of hydrogen-bond acceptors (Lipinski definition) is 5. The molecule has 1 amide bonds. The second kappa shape index (κ2) is 9.10. The molecule has 2 rings (SSSR count). The summed E-state index contributed by atoms with van der Waals surface area (Å²) in [5.41, 5.74) is 3.96. The summed E-state index contributed by atoms with van der Waals surface area (Å²) in [6.45, 7) is 5.74. The molecule has 0 fully saturated rings. The number of phenolic OH excluding ortho intramolecular Hbond substituents is 1. The molecule has 0 aliphatic carbocycles. The van der Waals surface area contributed by atoms with Crippen LogP contribution in [0.1, 0.15) is 25.0 Å². The number of nitrogens with one attached hydrogen (secondary N) is 1. The lowest BCUT2D eigenvalue weighted by atomic mass is 10.2. The fraction of sp³-hybridized carbons (Fsp3) is 0.263. The summed E-state index contributed by atoms with van der Waals surface area (Å²) in [4.78, 5) is 12.1. The van der Waals surface area contributed by atoms with Gasteiger partial charge in [0.25, 0.3) is 5.91 Å². The van der Waals surface area contributed by atoms with Crippen molar-refractivity contribution in [2.75, 3.05) is 6.61 Å². The van der Waals surface area contributed by atoms with Gasteiger partial charge in [0.2, 0.25) is 0 Å². The molecule has 0 spiro atoms. The van der Waals surface area contributed by atoms with Crippen LogP contribution in [0.15, 0.2) is 41.5 Å². The van der Waals surface area contributed by atoms with Gasteiger partial charge in [0.1, 0.15) is 5.75 Å². The molecular formula is C19H21ClN2O4. The third-order valence-corrected chi connectivity index (χ3v) is 3.91. The van der Waals surface area contributed by atoms with Crippen LogP contribution < -0.4 is 14.9 Å². The average Bonchev–Trinajstić information content (AvgIpc) is 2.61. The predicted molar refractivity (Wildman–Crippen MR) is 101 cm³/mol. The molecule has 1 atom stereocenters. The number of hydrazone groups is 1. The van der Waals surface area contributed by atoms with Crippen molar-refractivity contribution >= 4 is 23.7 Å². The van der Waals surface area contributed by atoms with E-state index in [0.29, 0.717) is 28.7 Å². The first-order valence-corrected chi connectivity index (χ1v) is 8.50. The standard InChI is InChI=1S/C19H21ClN2O4/c1-4-25-18-10-14(5-8-17(18)23)11-21-22-19(24)13(3)26-15-6-7-16(20)12(2)9-15/h5-11,13,23H,4H2,1-3H3,(H,22,24)/b21-11+. The van der Waals surface area contributed by atoms with Crippen molar-refractivity contribution in [2.24, 2.45) is 5.10 Å². The van der Waals surface area contributed by atoms with E-state index < -0.39 is 12.0 Å². The Bertz CT molecular complexity index is 808. The molecule has 0 aromatic heterocycles. The van der Waals surface area contributed by atoms with Crippen LogP contribution in [-0.2, 0) is 4.79 Å². The molecule has 26 heavy (non-hydrogen) atoms. The molecule has 0 saturated heterocycles. The Hall–Kier alpha value is -2.73. The van der Waals surface area contributed by atoms with Gasteiger partial charge in [-0.15, -0.1) is 0 Å². The molecule has 138 valence electrons. The van der Waals surface area contributed by atoms with Gasteiger partial charge < -0.3 is 14.6 Å². The van der Waals surface area contributed by atoms with Crippen molar-refractivity contribution in [3.8, 4) is 17.2 Å². The number of aryl methyl sites for hydroxylation is 1. The molecule has 0 aliphatic rings. The maximum Gasteiger partial charge on any atom is 0.280 e. The van der Waals surface area contributed by atoms with Crippen LogP contribution in [0, 0.1) is 6.92 Å². The molecule has 2 N–H and O–H groups in total. The number of carbonyl (C=O) groups excluding carboxylic acids is 1.